The van der Waals surface area contributed by atoms with E-state index in [0.717, 1.165) is 17.5 Å². The molecule has 98 valence electrons. The van der Waals surface area contributed by atoms with Crippen molar-refractivity contribution in [1.82, 2.24) is 5.32 Å². The van der Waals surface area contributed by atoms with Crippen molar-refractivity contribution in [2.45, 2.75) is 36.8 Å². The maximum Gasteiger partial charge on any atom is 0.208 e. The first-order chi connectivity index (χ1) is 8.49. The fourth-order valence-electron chi connectivity index (χ4n) is 2.19. The van der Waals surface area contributed by atoms with Gasteiger partial charge in [-0.25, -0.2) is 8.42 Å². The maximum absolute atomic E-state index is 12.4. The van der Waals surface area contributed by atoms with Gasteiger partial charge in [-0.2, -0.15) is 0 Å². The van der Waals surface area contributed by atoms with Crippen molar-refractivity contribution in [1.29, 1.82) is 0 Å². The van der Waals surface area contributed by atoms with Crippen molar-refractivity contribution >= 4 is 16.2 Å². The maximum atomic E-state index is 12.4. The summed E-state index contributed by atoms with van der Waals surface area (Å²) in [7, 11) is -3.36. The molecule has 1 aliphatic carbocycles. The summed E-state index contributed by atoms with van der Waals surface area (Å²) < 4.78 is 24.7. The Kier molecular flexibility index (Phi) is 3.43. The van der Waals surface area contributed by atoms with E-state index in [1.54, 1.807) is 0 Å². The molecule has 0 radical (unpaired) electrons. The van der Waals surface area contributed by atoms with Gasteiger partial charge in [0.2, 0.25) is 6.41 Å². The van der Waals surface area contributed by atoms with Crippen LogP contribution in [0.4, 0.5) is 0 Å². The number of amides is 1. The smallest absolute Gasteiger partial charge is 0.208 e. The van der Waals surface area contributed by atoms with Gasteiger partial charge in [0.15, 0.2) is 9.84 Å². The summed E-state index contributed by atoms with van der Waals surface area (Å²) in [5.41, 5.74) is 1.86. The highest BCUT2D eigenvalue weighted by molar-refractivity contribution is 7.92. The molecule has 0 unspecified atom stereocenters. The minimum Gasteiger partial charge on any atom is -0.340 e. The Morgan fingerprint density at radius 3 is 2.33 bits per heavy atom. The third-order valence-electron chi connectivity index (χ3n) is 3.56. The quantitative estimate of drug-likeness (QED) is 0.823. The molecule has 0 aliphatic heterocycles. The van der Waals surface area contributed by atoms with E-state index in [2.05, 4.69) is 5.32 Å². The predicted octanol–water partition coefficient (Wildman–Crippen LogP) is 1.54. The van der Waals surface area contributed by atoms with E-state index in [4.69, 9.17) is 0 Å². The third-order valence-corrected chi connectivity index (χ3v) is 5.99. The van der Waals surface area contributed by atoms with Crippen molar-refractivity contribution in [3.8, 4) is 0 Å². The molecular formula is C13H17NO3S. The lowest BCUT2D eigenvalue weighted by Crippen LogP contribution is -2.56. The summed E-state index contributed by atoms with van der Waals surface area (Å²) in [4.78, 5) is 9.55. The predicted molar refractivity (Wildman–Crippen MR) is 69.6 cm³/mol. The molecule has 1 amide bonds. The van der Waals surface area contributed by atoms with Crippen LogP contribution in [0, 0.1) is 6.92 Å². The number of rotatable bonds is 5. The van der Waals surface area contributed by atoms with Crippen LogP contribution in [0.1, 0.15) is 30.4 Å². The van der Waals surface area contributed by atoms with E-state index < -0.39 is 14.7 Å². The number of sulfone groups is 1. The molecule has 0 atom stereocenters. The van der Waals surface area contributed by atoms with E-state index >= 15 is 0 Å². The Labute approximate surface area is 107 Å². The highest BCUT2D eigenvalue weighted by atomic mass is 32.2. The Hall–Kier alpha value is -1.36. The Balaban J connectivity index is 2.21. The van der Waals surface area contributed by atoms with Gasteiger partial charge in [0.25, 0.3) is 0 Å². The monoisotopic (exact) mass is 267 g/mol. The van der Waals surface area contributed by atoms with E-state index in [9.17, 15) is 13.2 Å². The lowest BCUT2D eigenvalue weighted by Gasteiger charge is -2.40. The Bertz CT molecular complexity index is 530. The van der Waals surface area contributed by atoms with Gasteiger partial charge in [0.05, 0.1) is 5.75 Å². The van der Waals surface area contributed by atoms with Gasteiger partial charge in [-0.05, 0) is 31.7 Å². The first-order valence-corrected chi connectivity index (χ1v) is 7.63. The zero-order valence-corrected chi connectivity index (χ0v) is 11.2. The number of carbonyl (C=O) groups excluding carboxylic acids is 1. The first-order valence-electron chi connectivity index (χ1n) is 5.98. The van der Waals surface area contributed by atoms with Crippen molar-refractivity contribution in [2.24, 2.45) is 0 Å². The molecule has 1 aliphatic rings. The van der Waals surface area contributed by atoms with Crippen LogP contribution < -0.4 is 5.32 Å². The number of aryl methyl sites for hydroxylation is 1. The SMILES string of the molecule is Cc1ccc(CS(=O)(=O)C2(NC=O)CCC2)cc1. The standard InChI is InChI=1S/C13H17NO3S/c1-11-3-5-12(6-4-11)9-18(16,17)13(14-10-15)7-2-8-13/h3-6,10H,2,7-9H2,1H3,(H,14,15). The summed E-state index contributed by atoms with van der Waals surface area (Å²) in [5.74, 6) is -0.0197. The summed E-state index contributed by atoms with van der Waals surface area (Å²) in [5, 5.41) is 2.50. The molecule has 0 heterocycles. The Morgan fingerprint density at radius 1 is 1.28 bits per heavy atom. The molecule has 18 heavy (non-hydrogen) atoms. The fraction of sp³-hybridized carbons (Fsp3) is 0.462. The van der Waals surface area contributed by atoms with Crippen LogP contribution >= 0.6 is 0 Å². The largest absolute Gasteiger partial charge is 0.340 e. The molecule has 0 aromatic heterocycles. The van der Waals surface area contributed by atoms with Crippen LogP contribution in [-0.4, -0.2) is 19.7 Å². The topological polar surface area (TPSA) is 63.2 Å². The van der Waals surface area contributed by atoms with Crippen LogP contribution in [0.3, 0.4) is 0 Å². The average Bonchev–Trinajstić information content (AvgIpc) is 2.26. The molecule has 1 fully saturated rings. The van der Waals surface area contributed by atoms with Crippen molar-refractivity contribution in [3.63, 3.8) is 0 Å². The van der Waals surface area contributed by atoms with Gasteiger partial charge in [-0.3, -0.25) is 4.79 Å². The summed E-state index contributed by atoms with van der Waals surface area (Å²) in [6, 6.07) is 7.43. The van der Waals surface area contributed by atoms with Gasteiger partial charge in [-0.1, -0.05) is 29.8 Å². The molecule has 2 rings (SSSR count). The normalized spacial score (nSPS) is 17.8. The number of hydrogen-bond donors (Lipinski definition) is 1. The molecule has 1 N–H and O–H groups in total. The number of hydrogen-bond acceptors (Lipinski definition) is 3. The van der Waals surface area contributed by atoms with Crippen LogP contribution in [0.2, 0.25) is 0 Å². The number of nitrogens with one attached hydrogen (secondary N) is 1. The second-order valence-corrected chi connectivity index (χ2v) is 7.15. The van der Waals surface area contributed by atoms with Crippen LogP contribution in [0.15, 0.2) is 24.3 Å². The zero-order chi connectivity index (χ0) is 13.2. The fourth-order valence-corrected chi connectivity index (χ4v) is 4.24. The molecule has 0 saturated heterocycles. The third kappa shape index (κ3) is 2.27. The number of carbonyl (C=O) groups is 1. The molecule has 1 saturated carbocycles. The van der Waals surface area contributed by atoms with E-state index in [1.807, 2.05) is 31.2 Å². The Morgan fingerprint density at radius 2 is 1.89 bits per heavy atom. The summed E-state index contributed by atoms with van der Waals surface area (Å²) in [6.07, 6.45) is 2.36. The molecule has 0 bridgehead atoms. The van der Waals surface area contributed by atoms with Gasteiger partial charge in [0.1, 0.15) is 4.87 Å². The number of benzene rings is 1. The minimum absolute atomic E-state index is 0.0197. The van der Waals surface area contributed by atoms with Crippen molar-refractivity contribution in [3.05, 3.63) is 35.4 Å². The van der Waals surface area contributed by atoms with Crippen LogP contribution in [0.25, 0.3) is 0 Å². The highest BCUT2D eigenvalue weighted by Crippen LogP contribution is 2.38. The van der Waals surface area contributed by atoms with Gasteiger partial charge in [-0.15, -0.1) is 0 Å². The highest BCUT2D eigenvalue weighted by Gasteiger charge is 2.48. The lowest BCUT2D eigenvalue weighted by molar-refractivity contribution is -0.111. The first kappa shape index (κ1) is 13.1. The zero-order valence-electron chi connectivity index (χ0n) is 10.3. The second-order valence-electron chi connectivity index (χ2n) is 4.85. The van der Waals surface area contributed by atoms with Gasteiger partial charge in [0, 0.05) is 0 Å². The summed E-state index contributed by atoms with van der Waals surface area (Å²) >= 11 is 0. The summed E-state index contributed by atoms with van der Waals surface area (Å²) in [6.45, 7) is 1.96. The molecular weight excluding hydrogens is 250 g/mol. The molecule has 0 spiro atoms. The lowest BCUT2D eigenvalue weighted by atomic mass is 9.92. The van der Waals surface area contributed by atoms with Crippen molar-refractivity contribution < 1.29 is 13.2 Å². The van der Waals surface area contributed by atoms with Gasteiger partial charge >= 0.3 is 0 Å². The second kappa shape index (κ2) is 4.72. The molecule has 1 aromatic rings. The van der Waals surface area contributed by atoms with Gasteiger partial charge < -0.3 is 5.32 Å². The van der Waals surface area contributed by atoms with E-state index in [-0.39, 0.29) is 5.75 Å². The molecule has 1 aromatic carbocycles. The van der Waals surface area contributed by atoms with Crippen LogP contribution in [-0.2, 0) is 20.4 Å². The van der Waals surface area contributed by atoms with Crippen molar-refractivity contribution in [2.75, 3.05) is 0 Å². The van der Waals surface area contributed by atoms with E-state index in [0.29, 0.717) is 19.3 Å². The average molecular weight is 267 g/mol. The molecule has 4 nitrogen and oxygen atoms in total. The molecule has 5 heteroatoms. The van der Waals surface area contributed by atoms with Crippen LogP contribution in [0.5, 0.6) is 0 Å². The van der Waals surface area contributed by atoms with E-state index in [1.165, 1.54) is 0 Å². The minimum atomic E-state index is -3.36.